The van der Waals surface area contributed by atoms with Gasteiger partial charge in [-0.05, 0) is 19.9 Å². The largest absolute Gasteiger partial charge is 0.123 e. The monoisotopic (exact) mass is 197 g/mol. The van der Waals surface area contributed by atoms with Crippen LogP contribution in [0.5, 0.6) is 0 Å². The lowest BCUT2D eigenvalue weighted by Crippen LogP contribution is -2.05. The highest BCUT2D eigenvalue weighted by Crippen LogP contribution is 2.30. The maximum Gasteiger partial charge on any atom is 0.123 e. The molecular weight excluding hydrogens is 175 g/mol. The van der Waals surface area contributed by atoms with Crippen molar-refractivity contribution < 1.29 is 0 Å². The summed E-state index contributed by atoms with van der Waals surface area (Å²) in [6, 6.07) is 0. The summed E-state index contributed by atoms with van der Waals surface area (Å²) in [6.45, 7) is 15.2. The SMILES string of the molecule is C=C/C=C\C(C(C)C)=[P+](C)C(C)C. The third-order valence-corrected chi connectivity index (χ3v) is 5.21. The first kappa shape index (κ1) is 12.7. The van der Waals surface area contributed by atoms with Crippen molar-refractivity contribution in [3.05, 3.63) is 24.8 Å². The average Bonchev–Trinajstić information content (AvgIpc) is 2.04. The molecule has 1 unspecified atom stereocenters. The van der Waals surface area contributed by atoms with Gasteiger partial charge in [-0.15, -0.1) is 0 Å². The minimum Gasteiger partial charge on any atom is -0.0991 e. The second-order valence-electron chi connectivity index (χ2n) is 3.88. The van der Waals surface area contributed by atoms with Crippen LogP contribution in [0.3, 0.4) is 0 Å². The van der Waals surface area contributed by atoms with Gasteiger partial charge in [0.15, 0.2) is 0 Å². The van der Waals surface area contributed by atoms with E-state index in [0.717, 1.165) is 5.66 Å². The molecule has 0 rings (SSSR count). The second-order valence-corrected chi connectivity index (χ2v) is 6.65. The van der Waals surface area contributed by atoms with Gasteiger partial charge in [0, 0.05) is 5.92 Å². The van der Waals surface area contributed by atoms with Crippen LogP contribution in [0.15, 0.2) is 24.8 Å². The van der Waals surface area contributed by atoms with Crippen molar-refractivity contribution in [1.82, 2.24) is 0 Å². The lowest BCUT2D eigenvalue weighted by atomic mass is 10.1. The van der Waals surface area contributed by atoms with Crippen LogP contribution in [-0.2, 0) is 0 Å². The Morgan fingerprint density at radius 1 is 1.23 bits per heavy atom. The summed E-state index contributed by atoms with van der Waals surface area (Å²) in [6.07, 6.45) is 6.14. The van der Waals surface area contributed by atoms with Gasteiger partial charge >= 0.3 is 0 Å². The van der Waals surface area contributed by atoms with Crippen LogP contribution in [-0.4, -0.2) is 17.6 Å². The second kappa shape index (κ2) is 6.16. The van der Waals surface area contributed by atoms with E-state index in [0.29, 0.717) is 5.92 Å². The number of rotatable bonds is 4. The molecule has 0 aromatic heterocycles. The first-order valence-electron chi connectivity index (χ1n) is 4.89. The van der Waals surface area contributed by atoms with E-state index in [1.54, 1.807) is 5.29 Å². The Morgan fingerprint density at radius 2 is 1.77 bits per heavy atom. The molecule has 0 bridgehead atoms. The van der Waals surface area contributed by atoms with Gasteiger partial charge in [0.1, 0.15) is 11.0 Å². The maximum atomic E-state index is 3.70. The summed E-state index contributed by atoms with van der Waals surface area (Å²) in [5, 5.41) is 1.59. The van der Waals surface area contributed by atoms with E-state index >= 15 is 0 Å². The summed E-state index contributed by atoms with van der Waals surface area (Å²) in [5.41, 5.74) is 0.780. The number of hydrogen-bond donors (Lipinski definition) is 0. The zero-order valence-electron chi connectivity index (χ0n) is 9.54. The van der Waals surface area contributed by atoms with E-state index in [4.69, 9.17) is 0 Å². The highest BCUT2D eigenvalue weighted by Gasteiger charge is 2.17. The first-order valence-corrected chi connectivity index (χ1v) is 6.75. The summed E-state index contributed by atoms with van der Waals surface area (Å²) in [5.74, 6) is 0.662. The molecule has 0 spiro atoms. The van der Waals surface area contributed by atoms with Gasteiger partial charge in [0.05, 0.1) is 14.2 Å². The van der Waals surface area contributed by atoms with Gasteiger partial charge in [-0.1, -0.05) is 32.6 Å². The zero-order valence-corrected chi connectivity index (χ0v) is 10.4. The topological polar surface area (TPSA) is 0 Å². The van der Waals surface area contributed by atoms with E-state index in [2.05, 4.69) is 53.1 Å². The standard InChI is InChI=1S/C12H22P/c1-7-8-9-12(10(2)3)13(6)11(4)5/h7-11H,1H2,2-6H3/q+1/b9-8-. The minimum absolute atomic E-state index is 0.0280. The molecule has 0 saturated carbocycles. The van der Waals surface area contributed by atoms with Crippen LogP contribution in [0.25, 0.3) is 0 Å². The third kappa shape index (κ3) is 4.43. The van der Waals surface area contributed by atoms with Gasteiger partial charge in [0.2, 0.25) is 0 Å². The van der Waals surface area contributed by atoms with Crippen LogP contribution < -0.4 is 0 Å². The molecule has 0 aromatic carbocycles. The van der Waals surface area contributed by atoms with Gasteiger partial charge in [-0.25, -0.2) is 0 Å². The van der Waals surface area contributed by atoms with Crippen molar-refractivity contribution in [2.75, 3.05) is 6.66 Å². The lowest BCUT2D eigenvalue weighted by Gasteiger charge is -2.04. The van der Waals surface area contributed by atoms with Crippen molar-refractivity contribution in [2.24, 2.45) is 5.92 Å². The van der Waals surface area contributed by atoms with E-state index in [-0.39, 0.29) is 7.55 Å². The molecule has 0 aliphatic rings. The molecule has 0 aliphatic carbocycles. The van der Waals surface area contributed by atoms with E-state index in [1.807, 2.05) is 6.08 Å². The van der Waals surface area contributed by atoms with Crippen molar-refractivity contribution in [3.63, 3.8) is 0 Å². The van der Waals surface area contributed by atoms with Crippen LogP contribution in [0.4, 0.5) is 0 Å². The van der Waals surface area contributed by atoms with Gasteiger partial charge in [-0.3, -0.25) is 0 Å². The fourth-order valence-corrected chi connectivity index (χ4v) is 2.91. The molecule has 0 radical (unpaired) electrons. The normalized spacial score (nSPS) is 14.1. The smallest absolute Gasteiger partial charge is 0.0991 e. The van der Waals surface area contributed by atoms with Crippen LogP contribution in [0.1, 0.15) is 27.7 Å². The van der Waals surface area contributed by atoms with Crippen LogP contribution in [0, 0.1) is 5.92 Å². The maximum absolute atomic E-state index is 3.70. The predicted molar refractivity (Wildman–Crippen MR) is 67.2 cm³/mol. The first-order chi connectivity index (χ1) is 6.00. The van der Waals surface area contributed by atoms with E-state index in [9.17, 15) is 0 Å². The Kier molecular flexibility index (Phi) is 5.99. The van der Waals surface area contributed by atoms with Gasteiger partial charge in [-0.2, -0.15) is 0 Å². The molecule has 0 aliphatic heterocycles. The molecule has 0 fully saturated rings. The molecule has 0 nitrogen and oxygen atoms in total. The summed E-state index contributed by atoms with van der Waals surface area (Å²) in [4.78, 5) is 0. The zero-order chi connectivity index (χ0) is 10.4. The van der Waals surface area contributed by atoms with Crippen molar-refractivity contribution in [3.8, 4) is 0 Å². The lowest BCUT2D eigenvalue weighted by molar-refractivity contribution is 0.903. The molecule has 1 atom stereocenters. The fraction of sp³-hybridized carbons (Fsp3) is 0.583. The average molecular weight is 197 g/mol. The third-order valence-electron chi connectivity index (χ3n) is 2.18. The van der Waals surface area contributed by atoms with Crippen LogP contribution >= 0.6 is 7.55 Å². The molecule has 13 heavy (non-hydrogen) atoms. The van der Waals surface area contributed by atoms with E-state index in [1.165, 1.54) is 0 Å². The van der Waals surface area contributed by atoms with Crippen molar-refractivity contribution in [1.29, 1.82) is 0 Å². The Morgan fingerprint density at radius 3 is 2.08 bits per heavy atom. The molecule has 0 aromatic rings. The fourth-order valence-electron chi connectivity index (χ4n) is 1.18. The number of allylic oxidation sites excluding steroid dienone is 3. The molecular formula is C12H22P+. The Labute approximate surface area is 84.1 Å². The van der Waals surface area contributed by atoms with E-state index < -0.39 is 0 Å². The summed E-state index contributed by atoms with van der Waals surface area (Å²) in [7, 11) is 0.0280. The molecule has 1 heteroatoms. The quantitative estimate of drug-likeness (QED) is 0.470. The highest BCUT2D eigenvalue weighted by atomic mass is 31.1. The van der Waals surface area contributed by atoms with Crippen LogP contribution in [0.2, 0.25) is 0 Å². The van der Waals surface area contributed by atoms with Gasteiger partial charge < -0.3 is 0 Å². The molecule has 0 N–H and O–H groups in total. The molecule has 0 heterocycles. The number of hydrogen-bond acceptors (Lipinski definition) is 0. The Balaban J connectivity index is 4.88. The summed E-state index contributed by atoms with van der Waals surface area (Å²) < 4.78 is 0. The molecule has 74 valence electrons. The van der Waals surface area contributed by atoms with Crippen molar-refractivity contribution in [2.45, 2.75) is 33.4 Å². The van der Waals surface area contributed by atoms with Crippen molar-refractivity contribution >= 4 is 12.8 Å². The Bertz CT molecular complexity index is 219. The minimum atomic E-state index is 0.0280. The highest BCUT2D eigenvalue weighted by molar-refractivity contribution is 7.59. The summed E-state index contributed by atoms with van der Waals surface area (Å²) >= 11 is 0. The van der Waals surface area contributed by atoms with Gasteiger partial charge in [0.25, 0.3) is 0 Å². The Hall–Kier alpha value is -0.350. The molecule has 0 amide bonds. The molecule has 0 saturated heterocycles. The predicted octanol–water partition coefficient (Wildman–Crippen LogP) is 4.08.